The molecule has 2 rings (SSSR count). The van der Waals surface area contributed by atoms with Crippen molar-refractivity contribution in [1.82, 2.24) is 4.72 Å². The van der Waals surface area contributed by atoms with Crippen molar-refractivity contribution in [3.05, 3.63) is 65.7 Å². The molecular formula is C17H19NO4S. The van der Waals surface area contributed by atoms with Gasteiger partial charge in [0, 0.05) is 12.1 Å². The summed E-state index contributed by atoms with van der Waals surface area (Å²) in [6, 6.07) is 14.6. The summed E-state index contributed by atoms with van der Waals surface area (Å²) in [5.41, 5.74) is -0.408. The average molecular weight is 333 g/mol. The Bertz CT molecular complexity index is 798. The van der Waals surface area contributed by atoms with Gasteiger partial charge in [-0.05, 0) is 31.5 Å². The molecule has 0 bridgehead atoms. The van der Waals surface area contributed by atoms with Crippen LogP contribution in [0.15, 0.2) is 59.5 Å². The van der Waals surface area contributed by atoms with Crippen LogP contribution in [0.4, 0.5) is 0 Å². The lowest BCUT2D eigenvalue weighted by Crippen LogP contribution is -2.38. The van der Waals surface area contributed by atoms with E-state index >= 15 is 0 Å². The highest BCUT2D eigenvalue weighted by Crippen LogP contribution is 2.20. The number of carbonyl (C=O) groups excluding carboxylic acids is 1. The topological polar surface area (TPSA) is 83.5 Å². The van der Waals surface area contributed by atoms with Crippen LogP contribution in [-0.4, -0.2) is 25.9 Å². The van der Waals surface area contributed by atoms with Gasteiger partial charge in [-0.3, -0.25) is 4.79 Å². The third-order valence-electron chi connectivity index (χ3n) is 3.55. The van der Waals surface area contributed by atoms with Gasteiger partial charge in [-0.15, -0.1) is 0 Å². The molecular weight excluding hydrogens is 314 g/mol. The van der Waals surface area contributed by atoms with Crippen molar-refractivity contribution in [3.63, 3.8) is 0 Å². The van der Waals surface area contributed by atoms with Crippen LogP contribution in [0.1, 0.15) is 29.8 Å². The predicted octanol–water partition coefficient (Wildman–Crippen LogP) is 2.08. The molecule has 0 saturated carbocycles. The first-order valence-electron chi connectivity index (χ1n) is 7.11. The minimum absolute atomic E-state index is 0.00550. The maximum Gasteiger partial charge on any atom is 0.240 e. The Morgan fingerprint density at radius 2 is 1.78 bits per heavy atom. The Morgan fingerprint density at radius 1 is 1.13 bits per heavy atom. The fraction of sp³-hybridized carbons (Fsp3) is 0.235. The molecule has 0 radical (unpaired) electrons. The van der Waals surface area contributed by atoms with Crippen LogP contribution < -0.4 is 4.72 Å². The quantitative estimate of drug-likeness (QED) is 0.793. The summed E-state index contributed by atoms with van der Waals surface area (Å²) in [6.45, 7) is 2.74. The molecule has 122 valence electrons. The molecule has 0 heterocycles. The van der Waals surface area contributed by atoms with E-state index in [-0.39, 0.29) is 17.2 Å². The van der Waals surface area contributed by atoms with Crippen molar-refractivity contribution in [2.45, 2.75) is 24.3 Å². The van der Waals surface area contributed by atoms with Crippen LogP contribution in [0, 0.1) is 0 Å². The summed E-state index contributed by atoms with van der Waals surface area (Å²) in [5.74, 6) is -0.210. The standard InChI is InChI=1S/C17H19NO4S/c1-13(19)14-7-6-10-16(11-14)23(21,22)18-12-17(2,20)15-8-4-3-5-9-15/h3-11,18,20H,12H2,1-2H3. The van der Waals surface area contributed by atoms with Gasteiger partial charge in [-0.25, -0.2) is 13.1 Å². The molecule has 2 aromatic rings. The van der Waals surface area contributed by atoms with Crippen molar-refractivity contribution in [2.75, 3.05) is 6.54 Å². The second kappa shape index (κ2) is 6.62. The molecule has 5 nitrogen and oxygen atoms in total. The van der Waals surface area contributed by atoms with Crippen molar-refractivity contribution in [1.29, 1.82) is 0 Å². The molecule has 0 aliphatic heterocycles. The van der Waals surface area contributed by atoms with E-state index in [1.54, 1.807) is 30.3 Å². The number of hydrogen-bond donors (Lipinski definition) is 2. The highest BCUT2D eigenvalue weighted by molar-refractivity contribution is 7.89. The Kier molecular flexibility index (Phi) is 4.99. The zero-order valence-corrected chi connectivity index (χ0v) is 13.8. The lowest BCUT2D eigenvalue weighted by atomic mass is 9.97. The molecule has 2 aromatic carbocycles. The summed E-state index contributed by atoms with van der Waals surface area (Å²) >= 11 is 0. The Labute approximate surface area is 136 Å². The molecule has 0 aliphatic rings. The zero-order valence-electron chi connectivity index (χ0n) is 13.0. The Hall–Kier alpha value is -2.02. The minimum atomic E-state index is -3.82. The van der Waals surface area contributed by atoms with Gasteiger partial charge < -0.3 is 5.11 Å². The van der Waals surface area contributed by atoms with E-state index in [1.165, 1.54) is 32.0 Å². The van der Waals surface area contributed by atoms with Gasteiger partial charge >= 0.3 is 0 Å². The number of aliphatic hydroxyl groups is 1. The maximum absolute atomic E-state index is 12.4. The fourth-order valence-corrected chi connectivity index (χ4v) is 3.28. The first kappa shape index (κ1) is 17.3. The molecule has 0 amide bonds. The SMILES string of the molecule is CC(=O)c1cccc(S(=O)(=O)NCC(C)(O)c2ccccc2)c1. The summed E-state index contributed by atoms with van der Waals surface area (Å²) in [4.78, 5) is 11.4. The molecule has 2 N–H and O–H groups in total. The normalized spacial score (nSPS) is 14.2. The third-order valence-corrected chi connectivity index (χ3v) is 4.95. The van der Waals surface area contributed by atoms with E-state index in [1.807, 2.05) is 6.07 Å². The van der Waals surface area contributed by atoms with E-state index in [2.05, 4.69) is 4.72 Å². The largest absolute Gasteiger partial charge is 0.384 e. The van der Waals surface area contributed by atoms with E-state index in [9.17, 15) is 18.3 Å². The number of benzene rings is 2. The van der Waals surface area contributed by atoms with Gasteiger partial charge in [0.05, 0.1) is 4.90 Å². The van der Waals surface area contributed by atoms with Gasteiger partial charge in [0.1, 0.15) is 5.60 Å². The van der Waals surface area contributed by atoms with Crippen LogP contribution in [0.2, 0.25) is 0 Å². The lowest BCUT2D eigenvalue weighted by molar-refractivity contribution is 0.0627. The van der Waals surface area contributed by atoms with Crippen LogP contribution in [0.5, 0.6) is 0 Å². The molecule has 1 atom stereocenters. The zero-order chi connectivity index (χ0) is 17.1. The number of carbonyl (C=O) groups is 1. The number of nitrogens with one attached hydrogen (secondary N) is 1. The smallest absolute Gasteiger partial charge is 0.240 e. The minimum Gasteiger partial charge on any atom is -0.384 e. The van der Waals surface area contributed by atoms with Crippen molar-refractivity contribution >= 4 is 15.8 Å². The lowest BCUT2D eigenvalue weighted by Gasteiger charge is -2.24. The van der Waals surface area contributed by atoms with Gasteiger partial charge in [-0.2, -0.15) is 0 Å². The second-order valence-electron chi connectivity index (χ2n) is 5.55. The van der Waals surface area contributed by atoms with Crippen LogP contribution >= 0.6 is 0 Å². The second-order valence-corrected chi connectivity index (χ2v) is 7.32. The number of Topliss-reactive ketones (excluding diaryl/α,β-unsaturated/α-hetero) is 1. The third kappa shape index (κ3) is 4.25. The van der Waals surface area contributed by atoms with Gasteiger partial charge in [0.25, 0.3) is 0 Å². The molecule has 6 heteroatoms. The molecule has 23 heavy (non-hydrogen) atoms. The maximum atomic E-state index is 12.4. The van der Waals surface area contributed by atoms with E-state index < -0.39 is 15.6 Å². The van der Waals surface area contributed by atoms with Crippen molar-refractivity contribution < 1.29 is 18.3 Å². The van der Waals surface area contributed by atoms with E-state index in [0.29, 0.717) is 11.1 Å². The first-order chi connectivity index (χ1) is 10.7. The summed E-state index contributed by atoms with van der Waals surface area (Å²) in [6.07, 6.45) is 0. The van der Waals surface area contributed by atoms with Gasteiger partial charge in [0.15, 0.2) is 5.78 Å². The number of hydrogen-bond acceptors (Lipinski definition) is 4. The Morgan fingerprint density at radius 3 is 2.39 bits per heavy atom. The molecule has 0 fully saturated rings. The van der Waals surface area contributed by atoms with E-state index in [0.717, 1.165) is 0 Å². The molecule has 0 spiro atoms. The highest BCUT2D eigenvalue weighted by Gasteiger charge is 2.26. The monoisotopic (exact) mass is 333 g/mol. The number of ketones is 1. The van der Waals surface area contributed by atoms with Crippen LogP contribution in [0.3, 0.4) is 0 Å². The highest BCUT2D eigenvalue weighted by atomic mass is 32.2. The fourth-order valence-electron chi connectivity index (χ4n) is 2.10. The summed E-state index contributed by atoms with van der Waals surface area (Å²) < 4.78 is 27.1. The predicted molar refractivity (Wildman–Crippen MR) is 87.6 cm³/mol. The van der Waals surface area contributed by atoms with E-state index in [4.69, 9.17) is 0 Å². The molecule has 1 unspecified atom stereocenters. The Balaban J connectivity index is 2.19. The molecule has 0 saturated heterocycles. The average Bonchev–Trinajstić information content (AvgIpc) is 2.54. The summed E-state index contributed by atoms with van der Waals surface area (Å²) in [7, 11) is -3.82. The van der Waals surface area contributed by atoms with Crippen LogP contribution in [0.25, 0.3) is 0 Å². The van der Waals surface area contributed by atoms with Gasteiger partial charge in [-0.1, -0.05) is 42.5 Å². The first-order valence-corrected chi connectivity index (χ1v) is 8.59. The van der Waals surface area contributed by atoms with Crippen LogP contribution in [-0.2, 0) is 15.6 Å². The van der Waals surface area contributed by atoms with Crippen molar-refractivity contribution in [3.8, 4) is 0 Å². The summed E-state index contributed by atoms with van der Waals surface area (Å²) in [5, 5.41) is 10.5. The molecule has 0 aromatic heterocycles. The molecule has 0 aliphatic carbocycles. The number of sulfonamides is 1. The number of rotatable bonds is 6. The van der Waals surface area contributed by atoms with Gasteiger partial charge in [0.2, 0.25) is 10.0 Å². The van der Waals surface area contributed by atoms with Crippen molar-refractivity contribution in [2.24, 2.45) is 0 Å².